The Kier molecular flexibility index (Phi) is 4.93. The summed E-state index contributed by atoms with van der Waals surface area (Å²) in [6.45, 7) is 0. The minimum atomic E-state index is -0.485. The highest BCUT2D eigenvalue weighted by molar-refractivity contribution is 7.98. The van der Waals surface area contributed by atoms with Gasteiger partial charge < -0.3 is 0 Å². The first-order valence-corrected chi connectivity index (χ1v) is 9.70. The number of carbonyl (C=O) groups excluding carboxylic acids is 1. The molecule has 3 aromatic rings. The molecule has 0 fully saturated rings. The lowest BCUT2D eigenvalue weighted by Crippen LogP contribution is -2.12. The molecule has 0 aliphatic rings. The molecule has 1 amide bonds. The maximum absolute atomic E-state index is 12.3. The highest BCUT2D eigenvalue weighted by Gasteiger charge is 2.18. The number of aromatic nitrogens is 1. The number of nitrogens with one attached hydrogen (secondary N) is 1. The van der Waals surface area contributed by atoms with E-state index in [1.165, 1.54) is 29.2 Å². The Morgan fingerprint density at radius 1 is 1.33 bits per heavy atom. The molecular formula is C15H11N3O3S3. The van der Waals surface area contributed by atoms with Crippen LogP contribution in [0.25, 0.3) is 10.6 Å². The minimum Gasteiger partial charge on any atom is -0.298 e. The van der Waals surface area contributed by atoms with Gasteiger partial charge in [0.05, 0.1) is 20.4 Å². The Hall–Kier alpha value is -2.23. The van der Waals surface area contributed by atoms with Gasteiger partial charge in [-0.1, -0.05) is 6.07 Å². The SMILES string of the molecule is CSc1ccc(C(=O)Nc2nc(-c3cccs3)cs2)cc1[N+](=O)[O-]. The number of hydrogen-bond donors (Lipinski definition) is 1. The van der Waals surface area contributed by atoms with Gasteiger partial charge in [0, 0.05) is 17.0 Å². The number of nitro benzene ring substituents is 1. The summed E-state index contributed by atoms with van der Waals surface area (Å²) in [6, 6.07) is 8.33. The van der Waals surface area contributed by atoms with Crippen LogP contribution in [0.4, 0.5) is 10.8 Å². The van der Waals surface area contributed by atoms with Crippen molar-refractivity contribution in [2.75, 3.05) is 11.6 Å². The van der Waals surface area contributed by atoms with Crippen LogP contribution in [0.1, 0.15) is 10.4 Å². The van der Waals surface area contributed by atoms with Gasteiger partial charge in [-0.05, 0) is 29.8 Å². The van der Waals surface area contributed by atoms with Gasteiger partial charge >= 0.3 is 0 Å². The van der Waals surface area contributed by atoms with E-state index >= 15 is 0 Å². The number of thiazole rings is 1. The normalized spacial score (nSPS) is 10.5. The van der Waals surface area contributed by atoms with Crippen molar-refractivity contribution in [3.05, 3.63) is 56.8 Å². The Morgan fingerprint density at radius 3 is 2.83 bits per heavy atom. The van der Waals surface area contributed by atoms with E-state index in [0.29, 0.717) is 10.0 Å². The first kappa shape index (κ1) is 16.6. The molecule has 6 nitrogen and oxygen atoms in total. The summed E-state index contributed by atoms with van der Waals surface area (Å²) in [5.41, 5.74) is 0.954. The average molecular weight is 377 g/mol. The smallest absolute Gasteiger partial charge is 0.283 e. The summed E-state index contributed by atoms with van der Waals surface area (Å²) in [4.78, 5) is 28.8. The fourth-order valence-electron chi connectivity index (χ4n) is 2.01. The molecule has 0 atom stereocenters. The molecule has 9 heteroatoms. The standard InChI is InChI=1S/C15H11N3O3S3/c1-22-13-5-4-9(7-11(13)18(20)21)14(19)17-15-16-10(8-24-15)12-3-2-6-23-12/h2-8H,1H3,(H,16,17,19). The van der Waals surface area contributed by atoms with Crippen LogP contribution in [0.3, 0.4) is 0 Å². The monoisotopic (exact) mass is 377 g/mol. The number of thiophene rings is 1. The summed E-state index contributed by atoms with van der Waals surface area (Å²) in [7, 11) is 0. The van der Waals surface area contributed by atoms with Crippen LogP contribution in [0.2, 0.25) is 0 Å². The summed E-state index contributed by atoms with van der Waals surface area (Å²) in [5.74, 6) is -0.419. The Bertz CT molecular complexity index is 891. The van der Waals surface area contributed by atoms with Crippen molar-refractivity contribution in [1.29, 1.82) is 0 Å². The van der Waals surface area contributed by atoms with E-state index in [2.05, 4.69) is 10.3 Å². The summed E-state index contributed by atoms with van der Waals surface area (Å²) >= 11 is 4.15. The predicted octanol–water partition coefficient (Wildman–Crippen LogP) is 4.75. The zero-order chi connectivity index (χ0) is 17.1. The number of thioether (sulfide) groups is 1. The molecule has 0 aliphatic carbocycles. The first-order valence-electron chi connectivity index (χ1n) is 6.71. The fraction of sp³-hybridized carbons (Fsp3) is 0.0667. The van der Waals surface area contributed by atoms with Gasteiger partial charge in [-0.3, -0.25) is 20.2 Å². The lowest BCUT2D eigenvalue weighted by molar-refractivity contribution is -0.387. The Balaban J connectivity index is 1.80. The van der Waals surface area contributed by atoms with Crippen LogP contribution in [0.15, 0.2) is 46.0 Å². The molecule has 0 radical (unpaired) electrons. The van der Waals surface area contributed by atoms with Gasteiger partial charge in [0.1, 0.15) is 0 Å². The van der Waals surface area contributed by atoms with E-state index in [1.807, 2.05) is 22.9 Å². The maximum atomic E-state index is 12.3. The van der Waals surface area contributed by atoms with Gasteiger partial charge in [-0.2, -0.15) is 0 Å². The molecule has 1 N–H and O–H groups in total. The molecule has 0 bridgehead atoms. The second-order valence-electron chi connectivity index (χ2n) is 4.61. The maximum Gasteiger partial charge on any atom is 0.283 e. The molecule has 1 aromatic carbocycles. The third-order valence-electron chi connectivity index (χ3n) is 3.14. The lowest BCUT2D eigenvalue weighted by atomic mass is 10.2. The second kappa shape index (κ2) is 7.12. The summed E-state index contributed by atoms with van der Waals surface area (Å²) in [6.07, 6.45) is 1.75. The van der Waals surface area contributed by atoms with E-state index in [1.54, 1.807) is 29.7 Å². The third-order valence-corrected chi connectivity index (χ3v) is 5.57. The number of anilines is 1. The first-order chi connectivity index (χ1) is 11.6. The van der Waals surface area contributed by atoms with Gasteiger partial charge in [-0.15, -0.1) is 34.4 Å². The predicted molar refractivity (Wildman–Crippen MR) is 98.3 cm³/mol. The molecule has 24 heavy (non-hydrogen) atoms. The molecule has 2 heterocycles. The van der Waals surface area contributed by atoms with E-state index in [9.17, 15) is 14.9 Å². The topological polar surface area (TPSA) is 85.1 Å². The van der Waals surface area contributed by atoms with Crippen molar-refractivity contribution in [3.63, 3.8) is 0 Å². The van der Waals surface area contributed by atoms with E-state index < -0.39 is 10.8 Å². The van der Waals surface area contributed by atoms with Gasteiger partial charge in [0.2, 0.25) is 0 Å². The zero-order valence-electron chi connectivity index (χ0n) is 12.4. The highest BCUT2D eigenvalue weighted by atomic mass is 32.2. The van der Waals surface area contributed by atoms with Gasteiger partial charge in [-0.25, -0.2) is 4.98 Å². The van der Waals surface area contributed by atoms with E-state index in [4.69, 9.17) is 0 Å². The molecule has 0 saturated heterocycles. The van der Waals surface area contributed by atoms with Crippen molar-refractivity contribution in [1.82, 2.24) is 4.98 Å². The number of benzene rings is 1. The molecule has 2 aromatic heterocycles. The number of nitro groups is 1. The fourth-order valence-corrected chi connectivity index (χ4v) is 4.02. The van der Waals surface area contributed by atoms with E-state index in [0.717, 1.165) is 10.6 Å². The number of rotatable bonds is 5. The van der Waals surface area contributed by atoms with Crippen LogP contribution in [-0.2, 0) is 0 Å². The molecule has 0 unspecified atom stereocenters. The van der Waals surface area contributed by atoms with Crippen LogP contribution in [0.5, 0.6) is 0 Å². The van der Waals surface area contributed by atoms with Crippen LogP contribution >= 0.6 is 34.4 Å². The van der Waals surface area contributed by atoms with E-state index in [-0.39, 0.29) is 11.3 Å². The number of carbonyl (C=O) groups is 1. The Morgan fingerprint density at radius 2 is 2.17 bits per heavy atom. The molecular weight excluding hydrogens is 366 g/mol. The van der Waals surface area contributed by atoms with Gasteiger partial charge in [0.25, 0.3) is 11.6 Å². The second-order valence-corrected chi connectivity index (χ2v) is 7.27. The molecule has 0 aliphatic heterocycles. The molecule has 122 valence electrons. The van der Waals surface area contributed by atoms with Crippen molar-refractivity contribution in [2.45, 2.75) is 4.90 Å². The lowest BCUT2D eigenvalue weighted by Gasteiger charge is -2.04. The number of nitrogens with zero attached hydrogens (tertiary/aromatic N) is 2. The van der Waals surface area contributed by atoms with Crippen molar-refractivity contribution >= 4 is 51.2 Å². The number of amides is 1. The summed E-state index contributed by atoms with van der Waals surface area (Å²) in [5, 5.41) is 18.1. The van der Waals surface area contributed by atoms with Crippen LogP contribution in [0, 0.1) is 10.1 Å². The van der Waals surface area contributed by atoms with Crippen LogP contribution in [-0.4, -0.2) is 22.1 Å². The van der Waals surface area contributed by atoms with Crippen molar-refractivity contribution in [2.24, 2.45) is 0 Å². The molecule has 0 spiro atoms. The third kappa shape index (κ3) is 3.48. The zero-order valence-corrected chi connectivity index (χ0v) is 14.8. The van der Waals surface area contributed by atoms with Crippen molar-refractivity contribution in [3.8, 4) is 10.6 Å². The van der Waals surface area contributed by atoms with Crippen molar-refractivity contribution < 1.29 is 9.72 Å². The quantitative estimate of drug-likeness (QED) is 0.394. The van der Waals surface area contributed by atoms with Gasteiger partial charge in [0.15, 0.2) is 5.13 Å². The molecule has 3 rings (SSSR count). The highest BCUT2D eigenvalue weighted by Crippen LogP contribution is 2.30. The van der Waals surface area contributed by atoms with Crippen LogP contribution < -0.4 is 5.32 Å². The summed E-state index contributed by atoms with van der Waals surface area (Å²) < 4.78 is 0. The number of hydrogen-bond acceptors (Lipinski definition) is 7. The average Bonchev–Trinajstić information content (AvgIpc) is 3.25. The molecule has 0 saturated carbocycles. The largest absolute Gasteiger partial charge is 0.298 e. The minimum absolute atomic E-state index is 0.0754. The Labute approximate surface area is 149 Å².